The van der Waals surface area contributed by atoms with Crippen molar-refractivity contribution in [2.45, 2.75) is 176 Å². The van der Waals surface area contributed by atoms with Crippen molar-refractivity contribution in [3.8, 4) is 0 Å². The predicted molar refractivity (Wildman–Crippen MR) is 160 cm³/mol. The molecule has 0 N–H and O–H groups in total. The summed E-state index contributed by atoms with van der Waals surface area (Å²) in [5, 5.41) is 0. The second-order valence-corrected chi connectivity index (χ2v) is 16.0. The van der Waals surface area contributed by atoms with Gasteiger partial charge in [0.1, 0.15) is 0 Å². The summed E-state index contributed by atoms with van der Waals surface area (Å²) in [6.07, 6.45) is 38.9. The van der Waals surface area contributed by atoms with Crippen LogP contribution in [0.2, 0.25) is 0 Å². The molecule has 0 nitrogen and oxygen atoms in total. The molecule has 1 atom stereocenters. The van der Waals surface area contributed by atoms with Gasteiger partial charge in [-0.25, -0.2) is 0 Å². The Hall–Kier alpha value is 0.430. The van der Waals surface area contributed by atoms with E-state index in [9.17, 15) is 0 Å². The summed E-state index contributed by atoms with van der Waals surface area (Å²) in [7, 11) is -0.750. The van der Waals surface area contributed by atoms with Gasteiger partial charge in [0.2, 0.25) is 0 Å². The van der Waals surface area contributed by atoms with Gasteiger partial charge in [0, 0.05) is 7.26 Å². The van der Waals surface area contributed by atoms with E-state index in [0.29, 0.717) is 0 Å². The van der Waals surface area contributed by atoms with Gasteiger partial charge in [-0.2, -0.15) is 0 Å². The lowest BCUT2D eigenvalue weighted by molar-refractivity contribution is 0.507. The van der Waals surface area contributed by atoms with E-state index >= 15 is 0 Å². The van der Waals surface area contributed by atoms with E-state index in [2.05, 4.69) is 34.6 Å². The van der Waals surface area contributed by atoms with Crippen molar-refractivity contribution in [2.75, 3.05) is 24.6 Å². The summed E-state index contributed by atoms with van der Waals surface area (Å²) in [5.41, 5.74) is 0. The van der Waals surface area contributed by atoms with Gasteiger partial charge in [-0.15, -0.1) is 0 Å². The molecule has 0 saturated heterocycles. The van der Waals surface area contributed by atoms with Crippen LogP contribution in [0.3, 0.4) is 0 Å². The summed E-state index contributed by atoms with van der Waals surface area (Å²) < 4.78 is 0. The number of hydrogen-bond acceptors (Lipinski definition) is 0. The Balaban J connectivity index is 4.60. The smallest absolute Gasteiger partial charge is 0.0619 e. The van der Waals surface area contributed by atoms with Crippen molar-refractivity contribution >= 4 is 7.26 Å². The Morgan fingerprint density at radius 3 is 1.06 bits per heavy atom. The van der Waals surface area contributed by atoms with E-state index in [4.69, 9.17) is 0 Å². The van der Waals surface area contributed by atoms with Crippen LogP contribution in [0.5, 0.6) is 0 Å². The first-order chi connectivity index (χ1) is 16.1. The van der Waals surface area contributed by atoms with Gasteiger partial charge < -0.3 is 0 Å². The zero-order valence-electron chi connectivity index (χ0n) is 24.4. The highest BCUT2D eigenvalue weighted by Gasteiger charge is 2.37. The van der Waals surface area contributed by atoms with Crippen LogP contribution >= 0.6 is 7.26 Å². The Morgan fingerprint density at radius 2 is 0.697 bits per heavy atom. The third-order valence-electron chi connectivity index (χ3n) is 7.96. The molecule has 0 radical (unpaired) electrons. The van der Waals surface area contributed by atoms with Gasteiger partial charge in [-0.3, -0.25) is 0 Å². The largest absolute Gasteiger partial charge is 0.0654 e. The normalized spacial score (nSPS) is 13.0. The van der Waals surface area contributed by atoms with Gasteiger partial charge in [-0.05, 0) is 50.9 Å². The van der Waals surface area contributed by atoms with Crippen LogP contribution in [0.25, 0.3) is 0 Å². The quantitative estimate of drug-likeness (QED) is 0.0804. The van der Waals surface area contributed by atoms with Gasteiger partial charge in [0.25, 0.3) is 0 Å². The van der Waals surface area contributed by atoms with E-state index in [1.54, 1.807) is 24.6 Å². The highest BCUT2D eigenvalue weighted by molar-refractivity contribution is 7.75. The van der Waals surface area contributed by atoms with E-state index in [1.807, 2.05) is 0 Å². The van der Waals surface area contributed by atoms with Crippen LogP contribution in [-0.4, -0.2) is 24.6 Å². The van der Waals surface area contributed by atoms with E-state index in [-0.39, 0.29) is 0 Å². The van der Waals surface area contributed by atoms with Gasteiger partial charge in [0.15, 0.2) is 0 Å². The third-order valence-corrected chi connectivity index (χ3v) is 13.2. The molecular weight excluding hydrogens is 415 g/mol. The van der Waals surface area contributed by atoms with Crippen molar-refractivity contribution in [1.82, 2.24) is 0 Å². The SMILES string of the molecule is CCCCCCCCCCCC(C)C[P+](CCCCCC)(CCCCCC)CCCCCC. The van der Waals surface area contributed by atoms with E-state index in [0.717, 1.165) is 5.92 Å². The molecule has 0 bridgehead atoms. The molecule has 0 heterocycles. The Morgan fingerprint density at radius 1 is 0.394 bits per heavy atom. The maximum Gasteiger partial charge on any atom is 0.0619 e. The van der Waals surface area contributed by atoms with E-state index in [1.165, 1.54) is 141 Å². The van der Waals surface area contributed by atoms with Crippen molar-refractivity contribution in [1.29, 1.82) is 0 Å². The molecular formula is C32H68P+. The molecule has 0 fully saturated rings. The minimum Gasteiger partial charge on any atom is -0.0654 e. The zero-order chi connectivity index (χ0) is 24.5. The fourth-order valence-electron chi connectivity index (χ4n) is 5.79. The molecule has 0 aromatic carbocycles. The Bertz CT molecular complexity index is 332. The molecule has 0 saturated carbocycles. The fraction of sp³-hybridized carbons (Fsp3) is 1.00. The summed E-state index contributed by atoms with van der Waals surface area (Å²) >= 11 is 0. The standard InChI is InChI=1S/C32H68P/c1-6-10-14-18-19-20-21-22-23-27-32(5)31-33(28-24-15-11-7-2,29-25-16-12-8-3)30-26-17-13-9-4/h32H,6-31H2,1-5H3/q+1. The Kier molecular flexibility index (Phi) is 25.9. The zero-order valence-corrected chi connectivity index (χ0v) is 25.3. The molecule has 200 valence electrons. The van der Waals surface area contributed by atoms with Crippen molar-refractivity contribution in [3.05, 3.63) is 0 Å². The van der Waals surface area contributed by atoms with Crippen molar-refractivity contribution in [3.63, 3.8) is 0 Å². The van der Waals surface area contributed by atoms with Crippen molar-refractivity contribution in [2.24, 2.45) is 5.92 Å². The fourth-order valence-corrected chi connectivity index (χ4v) is 11.2. The van der Waals surface area contributed by atoms with Crippen LogP contribution < -0.4 is 0 Å². The Labute approximate surface area is 213 Å². The average Bonchev–Trinajstić information content (AvgIpc) is 2.81. The number of unbranched alkanes of at least 4 members (excludes halogenated alkanes) is 17. The molecule has 0 rings (SSSR count). The summed E-state index contributed by atoms with van der Waals surface area (Å²) in [6, 6.07) is 0. The lowest BCUT2D eigenvalue weighted by atomic mass is 10.0. The molecule has 0 aromatic heterocycles. The number of rotatable bonds is 27. The van der Waals surface area contributed by atoms with Gasteiger partial charge in [0.05, 0.1) is 24.6 Å². The first kappa shape index (κ1) is 33.4. The lowest BCUT2D eigenvalue weighted by Gasteiger charge is -2.31. The van der Waals surface area contributed by atoms with Crippen molar-refractivity contribution < 1.29 is 0 Å². The second-order valence-electron chi connectivity index (χ2n) is 11.6. The molecule has 0 aromatic rings. The molecule has 0 spiro atoms. The maximum absolute atomic E-state index is 2.63. The van der Waals surface area contributed by atoms with Crippen LogP contribution in [0.15, 0.2) is 0 Å². The predicted octanol–water partition coefficient (Wildman–Crippen LogP) is 12.3. The average molecular weight is 484 g/mol. The van der Waals surface area contributed by atoms with Crippen LogP contribution in [0.4, 0.5) is 0 Å². The molecule has 0 amide bonds. The summed E-state index contributed by atoms with van der Waals surface area (Å²) in [6.45, 7) is 12.0. The van der Waals surface area contributed by atoms with Crippen LogP contribution in [0.1, 0.15) is 176 Å². The topological polar surface area (TPSA) is 0 Å². The minimum atomic E-state index is -0.750. The van der Waals surface area contributed by atoms with E-state index < -0.39 is 7.26 Å². The first-order valence-corrected chi connectivity index (χ1v) is 18.5. The minimum absolute atomic E-state index is 0.750. The third kappa shape index (κ3) is 21.4. The van der Waals surface area contributed by atoms with Crippen LogP contribution in [0, 0.1) is 5.92 Å². The maximum atomic E-state index is 2.63. The summed E-state index contributed by atoms with van der Waals surface area (Å²) in [5.74, 6) is 0.978. The molecule has 0 aliphatic heterocycles. The molecule has 1 heteroatoms. The highest BCUT2D eigenvalue weighted by Crippen LogP contribution is 2.62. The molecule has 0 aliphatic carbocycles. The first-order valence-electron chi connectivity index (χ1n) is 16.0. The van der Waals surface area contributed by atoms with Crippen LogP contribution in [-0.2, 0) is 0 Å². The molecule has 1 unspecified atom stereocenters. The second kappa shape index (κ2) is 25.5. The highest BCUT2D eigenvalue weighted by atomic mass is 31.2. The lowest BCUT2D eigenvalue weighted by Crippen LogP contribution is -2.17. The van der Waals surface area contributed by atoms with Gasteiger partial charge >= 0.3 is 0 Å². The van der Waals surface area contributed by atoms with Gasteiger partial charge in [-0.1, -0.05) is 131 Å². The monoisotopic (exact) mass is 484 g/mol. The number of hydrogen-bond donors (Lipinski definition) is 0. The molecule has 33 heavy (non-hydrogen) atoms. The molecule has 0 aliphatic rings. The summed E-state index contributed by atoms with van der Waals surface area (Å²) in [4.78, 5) is 0.